The fourth-order valence-electron chi connectivity index (χ4n) is 3.28. The Hall–Kier alpha value is -2.15. The molecule has 1 saturated carbocycles. The smallest absolute Gasteiger partial charge is 0.271 e. The van der Waals surface area contributed by atoms with Gasteiger partial charge in [0.25, 0.3) is 5.91 Å². The molecule has 0 unspecified atom stereocenters. The summed E-state index contributed by atoms with van der Waals surface area (Å²) in [7, 11) is 0. The number of furan rings is 1. The summed E-state index contributed by atoms with van der Waals surface area (Å²) in [5.41, 5.74) is -0.495. The summed E-state index contributed by atoms with van der Waals surface area (Å²) < 4.78 is 5.33. The van der Waals surface area contributed by atoms with E-state index < -0.39 is 5.54 Å². The number of hydrogen-bond donors (Lipinski definition) is 2. The van der Waals surface area contributed by atoms with E-state index >= 15 is 0 Å². The summed E-state index contributed by atoms with van der Waals surface area (Å²) in [6, 6.07) is 3.60. The van der Waals surface area contributed by atoms with Crippen molar-refractivity contribution in [3.05, 3.63) is 29.5 Å². The minimum Gasteiger partial charge on any atom is -0.462 e. The Morgan fingerprint density at radius 3 is 2.81 bits per heavy atom. The number of hydrogen-bond acceptors (Lipinski definition) is 5. The number of aromatic nitrogens is 1. The fourth-order valence-corrected chi connectivity index (χ4v) is 4.05. The maximum atomic E-state index is 12.8. The summed E-state index contributed by atoms with van der Waals surface area (Å²) in [4.78, 5) is 29.9. The predicted octanol–water partition coefficient (Wildman–Crippen LogP) is 3.75. The number of amides is 2. The lowest BCUT2D eigenvalue weighted by molar-refractivity contribution is -0.128. The second-order valence-electron chi connectivity index (χ2n) is 6.72. The average Bonchev–Trinajstić information content (AvgIpc) is 3.34. The molecule has 2 aromatic heterocycles. The predicted molar refractivity (Wildman–Crippen MR) is 101 cm³/mol. The van der Waals surface area contributed by atoms with Gasteiger partial charge in [0, 0.05) is 11.9 Å². The van der Waals surface area contributed by atoms with Gasteiger partial charge in [-0.3, -0.25) is 9.59 Å². The van der Waals surface area contributed by atoms with Crippen LogP contribution in [0.2, 0.25) is 0 Å². The van der Waals surface area contributed by atoms with Crippen molar-refractivity contribution in [3.63, 3.8) is 0 Å². The zero-order valence-corrected chi connectivity index (χ0v) is 15.9. The Balaban J connectivity index is 1.72. The summed E-state index contributed by atoms with van der Waals surface area (Å²) >= 11 is 1.36. The molecule has 0 bridgehead atoms. The number of carbonyl (C=O) groups is 2. The minimum absolute atomic E-state index is 0.0690. The van der Waals surface area contributed by atoms with Crippen molar-refractivity contribution in [1.29, 1.82) is 0 Å². The molecule has 6 nitrogen and oxygen atoms in total. The second-order valence-corrected chi connectivity index (χ2v) is 7.58. The number of nitrogens with one attached hydrogen (secondary N) is 2. The van der Waals surface area contributed by atoms with Crippen LogP contribution in [-0.2, 0) is 4.79 Å². The van der Waals surface area contributed by atoms with Crippen molar-refractivity contribution in [2.75, 3.05) is 6.54 Å². The van der Waals surface area contributed by atoms with E-state index in [9.17, 15) is 9.59 Å². The Labute approximate surface area is 157 Å². The number of thiazole rings is 1. The molecule has 3 rings (SSSR count). The van der Waals surface area contributed by atoms with Gasteiger partial charge in [-0.25, -0.2) is 4.98 Å². The maximum absolute atomic E-state index is 12.8. The van der Waals surface area contributed by atoms with Crippen molar-refractivity contribution in [2.45, 2.75) is 57.4 Å². The van der Waals surface area contributed by atoms with Crippen molar-refractivity contribution < 1.29 is 14.0 Å². The van der Waals surface area contributed by atoms with Gasteiger partial charge in [-0.1, -0.05) is 32.6 Å². The summed E-state index contributed by atoms with van der Waals surface area (Å²) in [5.74, 6) is 0.269. The SMILES string of the molecule is CCCCNC(=O)C1(NC(=O)c2csc(-c3ccco3)n2)CCCCC1. The molecule has 2 amide bonds. The van der Waals surface area contributed by atoms with Crippen molar-refractivity contribution in [3.8, 4) is 10.8 Å². The first kappa shape index (κ1) is 18.6. The highest BCUT2D eigenvalue weighted by atomic mass is 32.1. The van der Waals surface area contributed by atoms with Crippen LogP contribution in [-0.4, -0.2) is 28.9 Å². The zero-order chi connectivity index (χ0) is 18.4. The Bertz CT molecular complexity index is 733. The highest BCUT2D eigenvalue weighted by Crippen LogP contribution is 2.30. The molecule has 0 spiro atoms. The van der Waals surface area contributed by atoms with Crippen LogP contribution in [0.15, 0.2) is 28.2 Å². The molecule has 0 aromatic carbocycles. The molecule has 0 saturated heterocycles. The van der Waals surface area contributed by atoms with Gasteiger partial charge >= 0.3 is 0 Å². The van der Waals surface area contributed by atoms with Crippen LogP contribution in [0.25, 0.3) is 10.8 Å². The quantitative estimate of drug-likeness (QED) is 0.722. The van der Waals surface area contributed by atoms with Crippen LogP contribution in [0, 0.1) is 0 Å². The van der Waals surface area contributed by atoms with Crippen LogP contribution >= 0.6 is 11.3 Å². The highest BCUT2D eigenvalue weighted by Gasteiger charge is 2.41. The van der Waals surface area contributed by atoms with Gasteiger partial charge in [-0.05, 0) is 31.4 Å². The largest absolute Gasteiger partial charge is 0.462 e. The van der Waals surface area contributed by atoms with E-state index in [1.54, 1.807) is 17.7 Å². The molecule has 2 N–H and O–H groups in total. The second kappa shape index (κ2) is 8.49. The van der Waals surface area contributed by atoms with E-state index in [1.807, 2.05) is 6.07 Å². The number of unbranched alkanes of at least 4 members (excludes halogenated alkanes) is 1. The van der Waals surface area contributed by atoms with Crippen LogP contribution in [0.4, 0.5) is 0 Å². The maximum Gasteiger partial charge on any atom is 0.271 e. The molecule has 1 aliphatic rings. The number of nitrogens with zero attached hydrogens (tertiary/aromatic N) is 1. The molecule has 0 atom stereocenters. The fraction of sp³-hybridized carbons (Fsp3) is 0.526. The first-order valence-electron chi connectivity index (χ1n) is 9.25. The molecule has 140 valence electrons. The molecule has 2 heterocycles. The molecule has 0 radical (unpaired) electrons. The molecular weight excluding hydrogens is 350 g/mol. The lowest BCUT2D eigenvalue weighted by atomic mass is 9.80. The average molecular weight is 375 g/mol. The van der Waals surface area contributed by atoms with E-state index in [1.165, 1.54) is 11.3 Å². The van der Waals surface area contributed by atoms with Crippen LogP contribution in [0.1, 0.15) is 62.4 Å². The minimum atomic E-state index is -0.822. The van der Waals surface area contributed by atoms with Crippen molar-refractivity contribution >= 4 is 23.2 Å². The number of rotatable bonds is 7. The third-order valence-corrected chi connectivity index (χ3v) is 5.64. The van der Waals surface area contributed by atoms with E-state index in [-0.39, 0.29) is 11.8 Å². The van der Waals surface area contributed by atoms with Gasteiger partial charge < -0.3 is 15.1 Å². The third kappa shape index (κ3) is 4.15. The van der Waals surface area contributed by atoms with Crippen LogP contribution in [0.3, 0.4) is 0 Å². The van der Waals surface area contributed by atoms with Crippen molar-refractivity contribution in [1.82, 2.24) is 15.6 Å². The van der Waals surface area contributed by atoms with Gasteiger partial charge in [0.15, 0.2) is 10.8 Å². The molecule has 2 aromatic rings. The third-order valence-electron chi connectivity index (χ3n) is 4.78. The molecule has 7 heteroatoms. The standard InChI is InChI=1S/C19H25N3O3S/c1-2-3-11-20-18(24)19(9-5-4-6-10-19)22-16(23)14-13-26-17(21-14)15-8-7-12-25-15/h7-8,12-13H,2-6,9-11H2,1H3,(H,20,24)(H,22,23). The van der Waals surface area contributed by atoms with E-state index in [4.69, 9.17) is 4.42 Å². The molecule has 26 heavy (non-hydrogen) atoms. The molecule has 1 aliphatic carbocycles. The Morgan fingerprint density at radius 1 is 1.31 bits per heavy atom. The monoisotopic (exact) mass is 375 g/mol. The van der Waals surface area contributed by atoms with E-state index in [0.717, 1.165) is 32.1 Å². The van der Waals surface area contributed by atoms with Gasteiger partial charge in [-0.15, -0.1) is 11.3 Å². The first-order valence-corrected chi connectivity index (χ1v) is 10.1. The van der Waals surface area contributed by atoms with Gasteiger partial charge in [-0.2, -0.15) is 0 Å². The van der Waals surface area contributed by atoms with Crippen LogP contribution < -0.4 is 10.6 Å². The van der Waals surface area contributed by atoms with E-state index in [0.29, 0.717) is 35.8 Å². The summed E-state index contributed by atoms with van der Waals surface area (Å²) in [6.45, 7) is 2.73. The van der Waals surface area contributed by atoms with Gasteiger partial charge in [0.1, 0.15) is 11.2 Å². The zero-order valence-electron chi connectivity index (χ0n) is 15.0. The number of carbonyl (C=O) groups excluding carboxylic acids is 2. The van der Waals surface area contributed by atoms with Crippen molar-refractivity contribution in [2.24, 2.45) is 0 Å². The topological polar surface area (TPSA) is 84.2 Å². The normalized spacial score (nSPS) is 16.2. The Morgan fingerprint density at radius 2 is 2.12 bits per heavy atom. The first-order chi connectivity index (χ1) is 12.6. The molecule has 0 aliphatic heterocycles. The lowest BCUT2D eigenvalue weighted by Crippen LogP contribution is -2.59. The summed E-state index contributed by atoms with van der Waals surface area (Å²) in [5, 5.41) is 8.35. The highest BCUT2D eigenvalue weighted by molar-refractivity contribution is 7.13. The lowest BCUT2D eigenvalue weighted by Gasteiger charge is -2.36. The molecule has 1 fully saturated rings. The van der Waals surface area contributed by atoms with Crippen LogP contribution in [0.5, 0.6) is 0 Å². The Kier molecular flexibility index (Phi) is 6.08. The van der Waals surface area contributed by atoms with E-state index in [2.05, 4.69) is 22.5 Å². The van der Waals surface area contributed by atoms with Gasteiger partial charge in [0.2, 0.25) is 5.91 Å². The van der Waals surface area contributed by atoms with Gasteiger partial charge in [0.05, 0.1) is 6.26 Å². The molecular formula is C19H25N3O3S. The summed E-state index contributed by atoms with van der Waals surface area (Å²) in [6.07, 6.45) is 7.86.